The molecule has 0 aromatic heterocycles. The zero-order chi connectivity index (χ0) is 23.8. The van der Waals surface area contributed by atoms with E-state index in [2.05, 4.69) is 0 Å². The molecule has 0 saturated carbocycles. The van der Waals surface area contributed by atoms with Crippen LogP contribution in [0, 0.1) is 0 Å². The molecule has 1 fully saturated rings. The van der Waals surface area contributed by atoms with E-state index in [9.17, 15) is 9.59 Å². The highest BCUT2D eigenvalue weighted by Gasteiger charge is 2.34. The second-order valence-corrected chi connectivity index (χ2v) is 8.65. The molecule has 0 N–H and O–H groups in total. The van der Waals surface area contributed by atoms with Crippen LogP contribution in [-0.4, -0.2) is 42.4 Å². The Morgan fingerprint density at radius 2 is 1.41 bits per heavy atom. The van der Waals surface area contributed by atoms with Gasteiger partial charge in [-0.1, -0.05) is 41.9 Å². The van der Waals surface area contributed by atoms with Crippen molar-refractivity contribution in [2.24, 2.45) is 0 Å². The number of halogens is 1. The Morgan fingerprint density at radius 3 is 2.18 bits per heavy atom. The summed E-state index contributed by atoms with van der Waals surface area (Å²) >= 11 is 6.77. The van der Waals surface area contributed by atoms with E-state index in [1.54, 1.807) is 30.3 Å². The summed E-state index contributed by atoms with van der Waals surface area (Å²) in [4.78, 5) is 26.6. The van der Waals surface area contributed by atoms with Crippen LogP contribution in [-0.2, 0) is 4.79 Å². The van der Waals surface area contributed by atoms with Gasteiger partial charge in [-0.05, 0) is 71.9 Å². The molecule has 0 unspecified atom stereocenters. The standard InChI is InChI=1S/C26H22ClNO5S/c27-20-9-11-22(12-10-20)31-14-13-28-25(29)24(34-26(28)30)18-19-5-4-8-23(17-19)33-16-15-32-21-6-2-1-3-7-21/h1-12,17-18H,13-16H2/b24-18-. The molecule has 1 aliphatic rings. The zero-order valence-electron chi connectivity index (χ0n) is 18.2. The van der Waals surface area contributed by atoms with Gasteiger partial charge in [-0.15, -0.1) is 0 Å². The Labute approximate surface area is 207 Å². The highest BCUT2D eigenvalue weighted by molar-refractivity contribution is 8.18. The quantitative estimate of drug-likeness (QED) is 0.257. The molecule has 0 atom stereocenters. The first-order chi connectivity index (χ1) is 16.6. The van der Waals surface area contributed by atoms with Crippen LogP contribution in [0.1, 0.15) is 5.56 Å². The summed E-state index contributed by atoms with van der Waals surface area (Å²) < 4.78 is 17.0. The Bertz CT molecular complexity index is 1170. The smallest absolute Gasteiger partial charge is 0.293 e. The number of carbonyl (C=O) groups excluding carboxylic acids is 2. The fraction of sp³-hybridized carbons (Fsp3) is 0.154. The molecule has 8 heteroatoms. The van der Waals surface area contributed by atoms with Gasteiger partial charge < -0.3 is 14.2 Å². The molecule has 2 amide bonds. The Morgan fingerprint density at radius 1 is 0.765 bits per heavy atom. The number of hydrogen-bond acceptors (Lipinski definition) is 6. The molecular formula is C26H22ClNO5S. The first kappa shape index (κ1) is 23.7. The van der Waals surface area contributed by atoms with E-state index in [1.807, 2.05) is 54.6 Å². The average Bonchev–Trinajstić information content (AvgIpc) is 3.11. The molecule has 4 rings (SSSR count). The van der Waals surface area contributed by atoms with Gasteiger partial charge in [-0.25, -0.2) is 0 Å². The van der Waals surface area contributed by atoms with Gasteiger partial charge in [0, 0.05) is 5.02 Å². The average molecular weight is 496 g/mol. The summed E-state index contributed by atoms with van der Waals surface area (Å²) in [5.74, 6) is 1.73. The fourth-order valence-corrected chi connectivity index (χ4v) is 4.15. The lowest BCUT2D eigenvalue weighted by molar-refractivity contribution is -0.123. The molecule has 6 nitrogen and oxygen atoms in total. The first-order valence-corrected chi connectivity index (χ1v) is 11.8. The van der Waals surface area contributed by atoms with Gasteiger partial charge in [0.15, 0.2) is 0 Å². The number of amides is 2. The summed E-state index contributed by atoms with van der Waals surface area (Å²) in [5.41, 5.74) is 0.768. The lowest BCUT2D eigenvalue weighted by Crippen LogP contribution is -2.32. The van der Waals surface area contributed by atoms with Crippen molar-refractivity contribution in [2.45, 2.75) is 0 Å². The highest BCUT2D eigenvalue weighted by Crippen LogP contribution is 2.32. The van der Waals surface area contributed by atoms with Crippen molar-refractivity contribution in [1.82, 2.24) is 4.90 Å². The van der Waals surface area contributed by atoms with E-state index in [4.69, 9.17) is 25.8 Å². The van der Waals surface area contributed by atoms with E-state index < -0.39 is 0 Å². The number of rotatable bonds is 10. The van der Waals surface area contributed by atoms with Gasteiger partial charge in [0.1, 0.15) is 37.1 Å². The Hall–Kier alpha value is -3.42. The van der Waals surface area contributed by atoms with Crippen LogP contribution in [0.2, 0.25) is 5.02 Å². The Kier molecular flexibility index (Phi) is 8.12. The second kappa shape index (κ2) is 11.6. The number of nitrogens with zero attached hydrogens (tertiary/aromatic N) is 1. The third-order valence-corrected chi connectivity index (χ3v) is 5.95. The lowest BCUT2D eigenvalue weighted by atomic mass is 10.2. The minimum Gasteiger partial charge on any atom is -0.492 e. The maximum Gasteiger partial charge on any atom is 0.293 e. The van der Waals surface area contributed by atoms with Crippen molar-refractivity contribution >= 4 is 40.6 Å². The molecule has 0 radical (unpaired) electrons. The van der Waals surface area contributed by atoms with Gasteiger partial charge in [0.25, 0.3) is 11.1 Å². The van der Waals surface area contributed by atoms with E-state index in [1.165, 1.54) is 4.90 Å². The maximum absolute atomic E-state index is 12.7. The lowest BCUT2D eigenvalue weighted by Gasteiger charge is -2.13. The van der Waals surface area contributed by atoms with Crippen LogP contribution < -0.4 is 14.2 Å². The van der Waals surface area contributed by atoms with Gasteiger partial charge in [-0.2, -0.15) is 0 Å². The monoisotopic (exact) mass is 495 g/mol. The van der Waals surface area contributed by atoms with E-state index in [0.717, 1.165) is 23.1 Å². The molecule has 0 spiro atoms. The van der Waals surface area contributed by atoms with Crippen LogP contribution in [0.15, 0.2) is 83.8 Å². The van der Waals surface area contributed by atoms with E-state index in [0.29, 0.717) is 34.6 Å². The molecule has 1 aliphatic heterocycles. The summed E-state index contributed by atoms with van der Waals surface area (Å²) in [6.07, 6.45) is 1.69. The molecule has 3 aromatic rings. The third-order valence-electron chi connectivity index (χ3n) is 4.79. The molecule has 174 valence electrons. The number of para-hydroxylation sites is 1. The topological polar surface area (TPSA) is 65.1 Å². The summed E-state index contributed by atoms with van der Waals surface area (Å²) in [5, 5.41) is 0.292. The van der Waals surface area contributed by atoms with Crippen LogP contribution >= 0.6 is 23.4 Å². The molecular weight excluding hydrogens is 474 g/mol. The summed E-state index contributed by atoms with van der Waals surface area (Å²) in [6, 6.07) is 23.8. The van der Waals surface area contributed by atoms with Crippen LogP contribution in [0.3, 0.4) is 0 Å². The van der Waals surface area contributed by atoms with Crippen molar-refractivity contribution in [3.63, 3.8) is 0 Å². The number of benzene rings is 3. The van der Waals surface area contributed by atoms with Crippen molar-refractivity contribution in [2.75, 3.05) is 26.4 Å². The van der Waals surface area contributed by atoms with Crippen LogP contribution in [0.25, 0.3) is 6.08 Å². The van der Waals surface area contributed by atoms with Gasteiger partial charge >= 0.3 is 0 Å². The molecule has 0 bridgehead atoms. The predicted octanol–water partition coefficient (Wildman–Crippen LogP) is 5.91. The second-order valence-electron chi connectivity index (χ2n) is 7.22. The van der Waals surface area contributed by atoms with E-state index in [-0.39, 0.29) is 24.3 Å². The summed E-state index contributed by atoms with van der Waals surface area (Å²) in [6.45, 7) is 1.14. The molecule has 34 heavy (non-hydrogen) atoms. The molecule has 3 aromatic carbocycles. The highest BCUT2D eigenvalue weighted by atomic mass is 35.5. The van der Waals surface area contributed by atoms with Crippen molar-refractivity contribution in [3.8, 4) is 17.2 Å². The number of imide groups is 1. The summed E-state index contributed by atoms with van der Waals surface area (Å²) in [7, 11) is 0. The predicted molar refractivity (Wildman–Crippen MR) is 133 cm³/mol. The largest absolute Gasteiger partial charge is 0.492 e. The minimum atomic E-state index is -0.336. The van der Waals surface area contributed by atoms with E-state index >= 15 is 0 Å². The van der Waals surface area contributed by atoms with Crippen molar-refractivity contribution in [1.29, 1.82) is 0 Å². The van der Waals surface area contributed by atoms with Crippen LogP contribution in [0.4, 0.5) is 4.79 Å². The van der Waals surface area contributed by atoms with Gasteiger partial charge in [-0.3, -0.25) is 14.5 Å². The molecule has 1 heterocycles. The number of carbonyl (C=O) groups is 2. The van der Waals surface area contributed by atoms with Gasteiger partial charge in [0.05, 0.1) is 11.4 Å². The third kappa shape index (κ3) is 6.56. The SMILES string of the molecule is O=C1S/C(=C\c2cccc(OCCOc3ccccc3)c2)C(=O)N1CCOc1ccc(Cl)cc1. The molecule has 0 aliphatic carbocycles. The minimum absolute atomic E-state index is 0.162. The zero-order valence-corrected chi connectivity index (χ0v) is 19.8. The Balaban J connectivity index is 1.29. The first-order valence-electron chi connectivity index (χ1n) is 10.6. The maximum atomic E-state index is 12.7. The van der Waals surface area contributed by atoms with Crippen LogP contribution in [0.5, 0.6) is 17.2 Å². The number of ether oxygens (including phenoxy) is 3. The fourth-order valence-electron chi connectivity index (χ4n) is 3.16. The normalized spacial score (nSPS) is 14.5. The number of hydrogen-bond donors (Lipinski definition) is 0. The van der Waals surface area contributed by atoms with Crippen molar-refractivity contribution in [3.05, 3.63) is 94.4 Å². The van der Waals surface area contributed by atoms with Gasteiger partial charge in [0.2, 0.25) is 0 Å². The number of thioether (sulfide) groups is 1. The molecule has 1 saturated heterocycles. The van der Waals surface area contributed by atoms with Crippen molar-refractivity contribution < 1.29 is 23.8 Å².